The average Bonchev–Trinajstić information content (AvgIpc) is 3.60. The van der Waals surface area contributed by atoms with Gasteiger partial charge in [0.15, 0.2) is 5.82 Å². The summed E-state index contributed by atoms with van der Waals surface area (Å²) in [5, 5.41) is 19.1. The number of allylic oxidation sites excluding steroid dienone is 1. The number of aromatic nitrogens is 8. The zero-order valence-corrected chi connectivity index (χ0v) is 20.4. The fourth-order valence-corrected chi connectivity index (χ4v) is 4.82. The third-order valence-electron chi connectivity index (χ3n) is 6.46. The minimum absolute atomic E-state index is 0.147. The highest BCUT2D eigenvalue weighted by molar-refractivity contribution is 6.32. The number of aliphatic imine (C=N–C) groups is 1. The number of aryl methyl sites for hydroxylation is 2. The van der Waals surface area contributed by atoms with Crippen LogP contribution in [0.2, 0.25) is 5.02 Å². The van der Waals surface area contributed by atoms with Crippen molar-refractivity contribution in [3.63, 3.8) is 0 Å². The van der Waals surface area contributed by atoms with Gasteiger partial charge in [-0.05, 0) is 36.1 Å². The summed E-state index contributed by atoms with van der Waals surface area (Å²) in [6.07, 6.45) is 12.6. The molecule has 1 aromatic carbocycles. The number of halogens is 1. The monoisotopic (exact) mass is 491 g/mol. The summed E-state index contributed by atoms with van der Waals surface area (Å²) in [4.78, 5) is 18.1. The summed E-state index contributed by atoms with van der Waals surface area (Å²) < 4.78 is 5.09. The molecule has 0 bridgehead atoms. The van der Waals surface area contributed by atoms with E-state index in [-0.39, 0.29) is 5.69 Å². The van der Waals surface area contributed by atoms with E-state index in [4.69, 9.17) is 11.6 Å². The molecule has 35 heavy (non-hydrogen) atoms. The predicted molar refractivity (Wildman–Crippen MR) is 134 cm³/mol. The molecule has 11 heteroatoms. The standard InChI is InChI=1S/C24H26ClN9O/c1-3-4-8-19-15-33(22-20(25)14-27-32(22)2)23(35)34(19)16-24(9-11-26-12-10-24)18-7-5-6-17(13-18)21-28-30-31-29-21/h5-7,9,11-15H,3-4,8,10,16H2,1-2H3,(H,28,29,30,31). The number of aromatic amines is 1. The maximum absolute atomic E-state index is 13.8. The Labute approximate surface area is 207 Å². The van der Waals surface area contributed by atoms with E-state index in [9.17, 15) is 4.79 Å². The molecule has 0 aliphatic carbocycles. The van der Waals surface area contributed by atoms with Crippen LogP contribution in [0.3, 0.4) is 0 Å². The van der Waals surface area contributed by atoms with Crippen molar-refractivity contribution < 1.29 is 0 Å². The summed E-state index contributed by atoms with van der Waals surface area (Å²) in [5.74, 6) is 1.08. The fourth-order valence-electron chi connectivity index (χ4n) is 4.57. The largest absolute Gasteiger partial charge is 0.334 e. The van der Waals surface area contributed by atoms with Crippen molar-refractivity contribution in [1.82, 2.24) is 39.5 Å². The third-order valence-corrected chi connectivity index (χ3v) is 6.73. The van der Waals surface area contributed by atoms with Crippen LogP contribution >= 0.6 is 11.6 Å². The minimum atomic E-state index is -0.477. The molecule has 4 heterocycles. The van der Waals surface area contributed by atoms with E-state index in [1.807, 2.05) is 29.1 Å². The maximum atomic E-state index is 13.8. The molecule has 1 unspecified atom stereocenters. The zero-order valence-electron chi connectivity index (χ0n) is 19.6. The molecule has 1 N–H and O–H groups in total. The smallest absolute Gasteiger partial charge is 0.295 e. The van der Waals surface area contributed by atoms with Crippen molar-refractivity contribution in [3.05, 3.63) is 75.7 Å². The summed E-state index contributed by atoms with van der Waals surface area (Å²) in [6, 6.07) is 8.05. The number of benzene rings is 1. The molecule has 1 aliphatic heterocycles. The lowest BCUT2D eigenvalue weighted by molar-refractivity contribution is 0.438. The number of rotatable bonds is 8. The van der Waals surface area contributed by atoms with Crippen LogP contribution in [-0.4, -0.2) is 45.8 Å². The van der Waals surface area contributed by atoms with Crippen LogP contribution in [0.1, 0.15) is 37.4 Å². The molecule has 0 radical (unpaired) electrons. The Kier molecular flexibility index (Phi) is 6.21. The molecule has 3 aromatic heterocycles. The van der Waals surface area contributed by atoms with E-state index in [1.165, 1.54) is 0 Å². The number of hydrogen-bond acceptors (Lipinski definition) is 6. The second kappa shape index (κ2) is 9.46. The number of nitrogens with one attached hydrogen (secondary N) is 1. The lowest BCUT2D eigenvalue weighted by atomic mass is 9.76. The highest BCUT2D eigenvalue weighted by Gasteiger charge is 2.33. The van der Waals surface area contributed by atoms with Crippen molar-refractivity contribution >= 4 is 17.8 Å². The van der Waals surface area contributed by atoms with Crippen LogP contribution in [0.25, 0.3) is 17.2 Å². The van der Waals surface area contributed by atoms with Crippen LogP contribution in [0.15, 0.2) is 58.7 Å². The fraction of sp³-hybridized carbons (Fsp3) is 0.333. The van der Waals surface area contributed by atoms with Gasteiger partial charge in [0, 0.05) is 48.9 Å². The second-order valence-electron chi connectivity index (χ2n) is 8.73. The summed E-state index contributed by atoms with van der Waals surface area (Å²) in [7, 11) is 1.78. The first-order valence-electron chi connectivity index (χ1n) is 11.5. The summed E-state index contributed by atoms with van der Waals surface area (Å²) >= 11 is 6.40. The number of nitrogens with zero attached hydrogens (tertiary/aromatic N) is 8. The van der Waals surface area contributed by atoms with Gasteiger partial charge in [0.1, 0.15) is 5.02 Å². The van der Waals surface area contributed by atoms with E-state index in [1.54, 1.807) is 28.7 Å². The third kappa shape index (κ3) is 4.25. The Morgan fingerprint density at radius 2 is 2.17 bits per heavy atom. The van der Waals surface area contributed by atoms with Crippen molar-refractivity contribution in [3.8, 4) is 17.2 Å². The molecule has 180 valence electrons. The molecule has 0 saturated carbocycles. The second-order valence-corrected chi connectivity index (χ2v) is 9.13. The number of hydrogen-bond donors (Lipinski definition) is 1. The van der Waals surface area contributed by atoms with Gasteiger partial charge in [-0.15, -0.1) is 10.2 Å². The first kappa shape index (κ1) is 23.0. The van der Waals surface area contributed by atoms with Crippen LogP contribution in [0.4, 0.5) is 0 Å². The van der Waals surface area contributed by atoms with Crippen molar-refractivity contribution in [2.24, 2.45) is 12.0 Å². The maximum Gasteiger partial charge on any atom is 0.334 e. The van der Waals surface area contributed by atoms with Gasteiger partial charge < -0.3 is 0 Å². The van der Waals surface area contributed by atoms with E-state index < -0.39 is 5.41 Å². The topological polar surface area (TPSA) is 112 Å². The highest BCUT2D eigenvalue weighted by Crippen LogP contribution is 2.35. The zero-order chi connectivity index (χ0) is 24.4. The van der Waals surface area contributed by atoms with E-state index in [0.717, 1.165) is 36.1 Å². The van der Waals surface area contributed by atoms with Crippen molar-refractivity contribution in [2.45, 2.75) is 44.6 Å². The Bertz CT molecular complexity index is 1420. The molecule has 5 rings (SSSR count). The van der Waals surface area contributed by atoms with Crippen LogP contribution in [0, 0.1) is 0 Å². The van der Waals surface area contributed by atoms with Crippen LogP contribution < -0.4 is 5.69 Å². The Hall–Kier alpha value is -3.79. The molecule has 1 aliphatic rings. The Morgan fingerprint density at radius 1 is 1.29 bits per heavy atom. The van der Waals surface area contributed by atoms with Gasteiger partial charge in [-0.3, -0.25) is 18.8 Å². The van der Waals surface area contributed by atoms with Gasteiger partial charge >= 0.3 is 5.69 Å². The molecular formula is C24H26ClN9O. The molecule has 10 nitrogen and oxygen atoms in total. The molecule has 0 amide bonds. The number of unbranched alkanes of at least 4 members (excludes halogenated alkanes) is 1. The summed E-state index contributed by atoms with van der Waals surface area (Å²) in [6.45, 7) is 2.59. The lowest BCUT2D eigenvalue weighted by Gasteiger charge is -2.32. The van der Waals surface area contributed by atoms with Crippen LogP contribution in [0.5, 0.6) is 0 Å². The number of tetrazole rings is 1. The van der Waals surface area contributed by atoms with Gasteiger partial charge in [-0.2, -0.15) is 10.3 Å². The normalized spacial score (nSPS) is 17.3. The first-order valence-corrected chi connectivity index (χ1v) is 11.9. The highest BCUT2D eigenvalue weighted by atomic mass is 35.5. The Morgan fingerprint density at radius 3 is 2.86 bits per heavy atom. The lowest BCUT2D eigenvalue weighted by Crippen LogP contribution is -2.37. The van der Waals surface area contributed by atoms with Gasteiger partial charge in [0.2, 0.25) is 5.82 Å². The molecule has 1 atom stereocenters. The molecular weight excluding hydrogens is 466 g/mol. The van der Waals surface area contributed by atoms with E-state index in [0.29, 0.717) is 29.6 Å². The average molecular weight is 492 g/mol. The van der Waals surface area contributed by atoms with Gasteiger partial charge in [-0.25, -0.2) is 4.79 Å². The quantitative estimate of drug-likeness (QED) is 0.405. The van der Waals surface area contributed by atoms with E-state index in [2.05, 4.69) is 55.8 Å². The number of imidazole rings is 1. The molecule has 0 saturated heterocycles. The SMILES string of the molecule is CCCCc1cn(-c2c(Cl)cnn2C)c(=O)n1CC1(c2cccc(-c3nn[nH]n3)c2)C=CN=CC1. The minimum Gasteiger partial charge on any atom is -0.295 e. The Balaban J connectivity index is 1.62. The van der Waals surface area contributed by atoms with Crippen LogP contribution in [-0.2, 0) is 25.4 Å². The van der Waals surface area contributed by atoms with Gasteiger partial charge in [-0.1, -0.05) is 49.2 Å². The summed E-state index contributed by atoms with van der Waals surface area (Å²) in [5.41, 5.74) is 2.23. The molecule has 4 aromatic rings. The first-order chi connectivity index (χ1) is 17.0. The predicted octanol–water partition coefficient (Wildman–Crippen LogP) is 3.47. The number of H-pyrrole nitrogens is 1. The molecule has 0 spiro atoms. The van der Waals surface area contributed by atoms with Gasteiger partial charge in [0.05, 0.1) is 6.20 Å². The molecule has 0 fully saturated rings. The van der Waals surface area contributed by atoms with Gasteiger partial charge in [0.25, 0.3) is 0 Å². The van der Waals surface area contributed by atoms with E-state index >= 15 is 0 Å². The van der Waals surface area contributed by atoms with Crippen molar-refractivity contribution in [2.75, 3.05) is 0 Å². The van der Waals surface area contributed by atoms with Crippen molar-refractivity contribution in [1.29, 1.82) is 0 Å².